The molecule has 1 N–H and O–H groups in total. The van der Waals surface area contributed by atoms with Crippen LogP contribution < -0.4 is 0 Å². The summed E-state index contributed by atoms with van der Waals surface area (Å²) in [4.78, 5) is 10.5. The molecule has 5 nitrogen and oxygen atoms in total. The Hall–Kier alpha value is -1.83. The molecule has 0 spiro atoms. The molecule has 0 unspecified atom stereocenters. The van der Waals surface area contributed by atoms with Crippen LogP contribution >= 0.6 is 0 Å². The summed E-state index contributed by atoms with van der Waals surface area (Å²) >= 11 is 0. The van der Waals surface area contributed by atoms with Gasteiger partial charge in [0.15, 0.2) is 5.69 Å². The summed E-state index contributed by atoms with van der Waals surface area (Å²) in [5.41, 5.74) is -0.0193. The number of carboxylic acids is 1. The zero-order valence-electron chi connectivity index (χ0n) is 7.42. The number of hydrogen-bond donors (Lipinski definition) is 1. The third kappa shape index (κ3) is 1.35. The van der Waals surface area contributed by atoms with E-state index in [9.17, 15) is 4.79 Å². The molecule has 2 rings (SSSR count). The molecule has 72 valence electrons. The van der Waals surface area contributed by atoms with Crippen molar-refractivity contribution in [3.63, 3.8) is 0 Å². The smallest absolute Gasteiger partial charge is 0.358 e. The van der Waals surface area contributed by atoms with Gasteiger partial charge in [-0.15, -0.1) is 17.4 Å². The fourth-order valence-corrected chi connectivity index (χ4v) is 1.49. The van der Waals surface area contributed by atoms with Crippen molar-refractivity contribution >= 4 is 5.97 Å². The van der Waals surface area contributed by atoms with Crippen LogP contribution in [0.4, 0.5) is 0 Å². The van der Waals surface area contributed by atoms with Gasteiger partial charge in [0.2, 0.25) is 0 Å². The lowest BCUT2D eigenvalue weighted by molar-refractivity contribution is 0.0690. The van der Waals surface area contributed by atoms with Gasteiger partial charge >= 0.3 is 5.97 Å². The molecular formula is C9H9N3O2. The lowest BCUT2D eigenvalue weighted by Gasteiger charge is -2.31. The van der Waals surface area contributed by atoms with Gasteiger partial charge in [-0.1, -0.05) is 5.21 Å². The van der Waals surface area contributed by atoms with Gasteiger partial charge < -0.3 is 5.11 Å². The van der Waals surface area contributed by atoms with Crippen LogP contribution in [0.1, 0.15) is 29.4 Å². The molecule has 0 aliphatic heterocycles. The summed E-state index contributed by atoms with van der Waals surface area (Å²) in [5.74, 6) is 1.90. The average Bonchev–Trinajstić information content (AvgIpc) is 2.51. The number of carboxylic acid groups (broad SMARTS) is 1. The fraction of sp³-hybridized carbons (Fsp3) is 0.444. The number of terminal acetylenes is 1. The molecular weight excluding hydrogens is 182 g/mol. The second-order valence-electron chi connectivity index (χ2n) is 3.38. The van der Waals surface area contributed by atoms with Crippen molar-refractivity contribution in [3.05, 3.63) is 11.9 Å². The third-order valence-electron chi connectivity index (χ3n) is 2.45. The molecule has 0 aromatic carbocycles. The van der Waals surface area contributed by atoms with Crippen LogP contribution in [0.15, 0.2) is 6.20 Å². The Morgan fingerprint density at radius 3 is 2.93 bits per heavy atom. The van der Waals surface area contributed by atoms with E-state index in [4.69, 9.17) is 11.5 Å². The number of rotatable bonds is 2. The maximum Gasteiger partial charge on any atom is 0.358 e. The predicted octanol–water partition coefficient (Wildman–Crippen LogP) is 0.561. The first-order valence-electron chi connectivity index (χ1n) is 4.32. The van der Waals surface area contributed by atoms with E-state index in [2.05, 4.69) is 16.2 Å². The quantitative estimate of drug-likeness (QED) is 0.693. The summed E-state index contributed by atoms with van der Waals surface area (Å²) in [7, 11) is 0. The molecule has 1 aromatic rings. The Balaban J connectivity index is 2.05. The van der Waals surface area contributed by atoms with Gasteiger partial charge in [-0.05, 0) is 12.8 Å². The highest BCUT2D eigenvalue weighted by Crippen LogP contribution is 2.36. The minimum Gasteiger partial charge on any atom is -0.476 e. The van der Waals surface area contributed by atoms with Gasteiger partial charge in [0.1, 0.15) is 0 Å². The molecule has 1 fully saturated rings. The summed E-state index contributed by atoms with van der Waals surface area (Å²) in [5, 5.41) is 15.9. The minimum absolute atomic E-state index is 0.0193. The highest BCUT2D eigenvalue weighted by atomic mass is 16.4. The van der Waals surface area contributed by atoms with Crippen molar-refractivity contribution in [1.29, 1.82) is 0 Å². The molecule has 14 heavy (non-hydrogen) atoms. The third-order valence-corrected chi connectivity index (χ3v) is 2.45. The van der Waals surface area contributed by atoms with E-state index < -0.39 is 5.97 Å². The lowest BCUT2D eigenvalue weighted by Crippen LogP contribution is -2.26. The molecule has 1 aliphatic carbocycles. The molecule has 1 heterocycles. The monoisotopic (exact) mass is 191 g/mol. The van der Waals surface area contributed by atoms with Crippen LogP contribution in [-0.4, -0.2) is 26.1 Å². The van der Waals surface area contributed by atoms with Gasteiger partial charge in [-0.3, -0.25) is 0 Å². The second kappa shape index (κ2) is 3.14. The van der Waals surface area contributed by atoms with Gasteiger partial charge in [-0.2, -0.15) is 0 Å². The largest absolute Gasteiger partial charge is 0.476 e. The van der Waals surface area contributed by atoms with Crippen LogP contribution in [-0.2, 0) is 0 Å². The van der Waals surface area contributed by atoms with E-state index in [0.29, 0.717) is 5.92 Å². The van der Waals surface area contributed by atoms with Crippen LogP contribution in [0.5, 0.6) is 0 Å². The van der Waals surface area contributed by atoms with Crippen molar-refractivity contribution in [2.75, 3.05) is 0 Å². The van der Waals surface area contributed by atoms with Gasteiger partial charge in [0.05, 0.1) is 12.2 Å². The Kier molecular flexibility index (Phi) is 1.97. The second-order valence-corrected chi connectivity index (χ2v) is 3.38. The number of carbonyl (C=O) groups is 1. The average molecular weight is 191 g/mol. The summed E-state index contributed by atoms with van der Waals surface area (Å²) < 4.78 is 1.58. The van der Waals surface area contributed by atoms with Crippen LogP contribution in [0, 0.1) is 18.3 Å². The zero-order chi connectivity index (χ0) is 10.1. The van der Waals surface area contributed by atoms with Crippen molar-refractivity contribution < 1.29 is 9.90 Å². The van der Waals surface area contributed by atoms with Crippen molar-refractivity contribution in [3.8, 4) is 12.3 Å². The minimum atomic E-state index is -1.05. The Labute approximate surface area is 80.7 Å². The fourth-order valence-electron chi connectivity index (χ4n) is 1.49. The van der Waals surface area contributed by atoms with E-state index in [1.165, 1.54) is 6.20 Å². The predicted molar refractivity (Wildman–Crippen MR) is 47.6 cm³/mol. The first kappa shape index (κ1) is 8.75. The zero-order valence-corrected chi connectivity index (χ0v) is 7.42. The summed E-state index contributed by atoms with van der Waals surface area (Å²) in [6.07, 6.45) is 8.40. The van der Waals surface area contributed by atoms with Crippen molar-refractivity contribution in [2.45, 2.75) is 18.9 Å². The number of hydrogen-bond acceptors (Lipinski definition) is 3. The van der Waals surface area contributed by atoms with E-state index in [1.54, 1.807) is 4.68 Å². The lowest BCUT2D eigenvalue weighted by atomic mass is 9.81. The first-order valence-corrected chi connectivity index (χ1v) is 4.32. The van der Waals surface area contributed by atoms with E-state index in [1.807, 2.05) is 0 Å². The normalized spacial score (nSPS) is 25.1. The Bertz CT molecular complexity index is 398. The van der Waals surface area contributed by atoms with Crippen LogP contribution in [0.2, 0.25) is 0 Å². The molecule has 0 amide bonds. The first-order chi connectivity index (χ1) is 6.70. The molecule has 0 bridgehead atoms. The summed E-state index contributed by atoms with van der Waals surface area (Å²) in [6.45, 7) is 0. The Morgan fingerprint density at radius 2 is 2.43 bits per heavy atom. The summed E-state index contributed by atoms with van der Waals surface area (Å²) in [6, 6.07) is 0.219. The number of aromatic nitrogens is 3. The maximum atomic E-state index is 10.5. The standard InChI is InChI=1S/C9H9N3O2/c1-2-6-3-7(4-6)12-5-8(9(13)14)10-11-12/h1,5-7H,3-4H2,(H,13,14). The van der Waals surface area contributed by atoms with Crippen molar-refractivity contribution in [2.24, 2.45) is 5.92 Å². The van der Waals surface area contributed by atoms with Gasteiger partial charge in [-0.25, -0.2) is 9.48 Å². The van der Waals surface area contributed by atoms with E-state index in [-0.39, 0.29) is 11.7 Å². The van der Waals surface area contributed by atoms with Gasteiger partial charge in [0, 0.05) is 5.92 Å². The highest BCUT2D eigenvalue weighted by Gasteiger charge is 2.30. The molecule has 1 aromatic heterocycles. The molecule has 0 saturated heterocycles. The molecule has 0 radical (unpaired) electrons. The number of aromatic carboxylic acids is 1. The highest BCUT2D eigenvalue weighted by molar-refractivity contribution is 5.84. The van der Waals surface area contributed by atoms with Crippen LogP contribution in [0.25, 0.3) is 0 Å². The molecule has 0 atom stereocenters. The van der Waals surface area contributed by atoms with Crippen LogP contribution in [0.3, 0.4) is 0 Å². The van der Waals surface area contributed by atoms with E-state index in [0.717, 1.165) is 12.8 Å². The molecule has 1 aliphatic rings. The van der Waals surface area contributed by atoms with Crippen molar-refractivity contribution in [1.82, 2.24) is 15.0 Å². The maximum absolute atomic E-state index is 10.5. The SMILES string of the molecule is C#CC1CC(n2cc(C(=O)O)nn2)C1. The molecule has 5 heteroatoms. The molecule has 1 saturated carbocycles. The Morgan fingerprint density at radius 1 is 1.71 bits per heavy atom. The number of nitrogens with zero attached hydrogens (tertiary/aromatic N) is 3. The van der Waals surface area contributed by atoms with E-state index >= 15 is 0 Å². The topological polar surface area (TPSA) is 68.0 Å². The van der Waals surface area contributed by atoms with Gasteiger partial charge in [0.25, 0.3) is 0 Å².